The molecule has 482 valence electrons. The smallest absolute Gasteiger partial charge is 0.269 e. The summed E-state index contributed by atoms with van der Waals surface area (Å²) in [5.74, 6) is -10.5. The first kappa shape index (κ1) is 69.5. The fourth-order valence-electron chi connectivity index (χ4n) is 11.2. The summed E-state index contributed by atoms with van der Waals surface area (Å²) >= 11 is 1.95. The van der Waals surface area contributed by atoms with Gasteiger partial charge >= 0.3 is 0 Å². The van der Waals surface area contributed by atoms with Crippen LogP contribution in [-0.4, -0.2) is 42.0 Å². The topological polar surface area (TPSA) is 75.9 Å². The maximum absolute atomic E-state index is 16.1. The van der Waals surface area contributed by atoms with Crippen LogP contribution in [0.3, 0.4) is 0 Å². The quantitative estimate of drug-likeness (QED) is 0.0338. The molecule has 4 N–H and O–H groups in total. The van der Waals surface area contributed by atoms with Gasteiger partial charge < -0.3 is 28.8 Å². The summed E-state index contributed by atoms with van der Waals surface area (Å²) in [5.41, 5.74) is 9.02. The molecule has 0 saturated carbocycles. The third kappa shape index (κ3) is 14.3. The minimum atomic E-state index is -1.71. The first-order valence-corrected chi connectivity index (χ1v) is 32.4. The standard InChI is InChI=1S/C64H62F6N2O4S2.2C7H7.Hf/c1-61(2,3)33-15-19-43-37(25-33)38-26-34(62(4,5)6)16-20-44(38)71(43)47-31-77-59(57(47)73)51-49(29-41(65)53(67)55(51)69)75-23-13-14-24-76-50-30-42(66)54(68)56(70)52(50)60-58(74)48(32-78-60)72-45-21-17-35(63(7,8)9)27-39(45)40-28-36(64(10,11)12)18-22-46(40)72;2*1-7-5-3-2-4-6-7;/h15-22,25-32,73-74H,13-14,23-24H2,1-12H3;2*2-6H,1H2;/q;2*-1;/p+2. The number of rotatable bonds is 11. The van der Waals surface area contributed by atoms with E-state index in [1.807, 2.05) is 118 Å². The monoisotopic (exact) mass is 1460 g/mol. The number of hydrogen-bond donors (Lipinski definition) is 2. The van der Waals surface area contributed by atoms with Gasteiger partial charge in [0.2, 0.25) is 0 Å². The van der Waals surface area contributed by atoms with E-state index < -0.39 is 46.0 Å². The van der Waals surface area contributed by atoms with Crippen LogP contribution < -0.4 is 0 Å². The maximum Gasteiger partial charge on any atom is 0.269 e. The van der Waals surface area contributed by atoms with Crippen molar-refractivity contribution in [3.63, 3.8) is 0 Å². The van der Waals surface area contributed by atoms with Crippen LogP contribution in [0.2, 0.25) is 0 Å². The van der Waals surface area contributed by atoms with E-state index in [0.29, 0.717) is 11.4 Å². The molecule has 0 aliphatic carbocycles. The Kier molecular flexibility index (Phi) is 20.4. The summed E-state index contributed by atoms with van der Waals surface area (Å²) in [6.45, 7) is 33.0. The number of aliphatic hydroxyl groups is 2. The van der Waals surface area contributed by atoms with Crippen LogP contribution in [0.4, 0.5) is 26.3 Å². The molecule has 12 aromatic rings. The predicted octanol–water partition coefficient (Wildman–Crippen LogP) is 22.5. The summed E-state index contributed by atoms with van der Waals surface area (Å²) in [7, 11) is 0. The molecule has 12 rings (SSSR count). The Morgan fingerprint density at radius 3 is 0.925 bits per heavy atom. The van der Waals surface area contributed by atoms with Crippen LogP contribution in [-0.2, 0) is 47.5 Å². The van der Waals surface area contributed by atoms with Crippen LogP contribution in [0.1, 0.15) is 129 Å². The van der Waals surface area contributed by atoms with Gasteiger partial charge in [-0.3, -0.25) is 0 Å². The average molecular weight is 1460 g/mol. The Labute approximate surface area is 567 Å². The molecule has 4 aromatic heterocycles. The molecule has 0 radical (unpaired) electrons. The van der Waals surface area contributed by atoms with Crippen LogP contribution >= 0.6 is 22.7 Å². The van der Waals surface area contributed by atoms with E-state index in [1.54, 1.807) is 10.8 Å². The van der Waals surface area contributed by atoms with Crippen molar-refractivity contribution in [3.8, 4) is 55.3 Å². The summed E-state index contributed by atoms with van der Waals surface area (Å²) in [6, 6.07) is 46.1. The van der Waals surface area contributed by atoms with Gasteiger partial charge in [0.1, 0.15) is 11.1 Å². The summed E-state index contributed by atoms with van der Waals surface area (Å²) < 4.78 is 105. The molecule has 0 saturated heterocycles. The minimum absolute atomic E-state index is 0. The predicted molar refractivity (Wildman–Crippen MR) is 370 cm³/mol. The van der Waals surface area contributed by atoms with Gasteiger partial charge in [0.15, 0.2) is 59.6 Å². The van der Waals surface area contributed by atoms with E-state index in [4.69, 9.17) is 0 Å². The van der Waals surface area contributed by atoms with Crippen LogP contribution in [0, 0.1) is 48.8 Å². The van der Waals surface area contributed by atoms with Crippen molar-refractivity contribution in [2.75, 3.05) is 13.2 Å². The third-order valence-corrected chi connectivity index (χ3v) is 18.5. The van der Waals surface area contributed by atoms with Crippen molar-refractivity contribution in [1.29, 1.82) is 0 Å². The van der Waals surface area contributed by atoms with Gasteiger partial charge in [0.25, 0.3) is 11.5 Å². The largest absolute Gasteiger partial charge is 0.582 e. The van der Waals surface area contributed by atoms with Crippen LogP contribution in [0.25, 0.3) is 75.9 Å². The Balaban J connectivity index is 0.000000602. The van der Waals surface area contributed by atoms with E-state index in [2.05, 4.69) is 131 Å². The van der Waals surface area contributed by atoms with Crippen LogP contribution in [0.15, 0.2) is 156 Å². The number of hydrogen-bond acceptors (Lipinski definition) is 4. The SMILES string of the molecule is CC(C)(C)c1ccc2c(c1)c1cc(C(C)(C)C)ccc1n2-c1csc(-c2c([OH+]CCCC[OH+]c3cc(F)c(F)c(F)c3-c3scc(-n4c5ccc(C(C)(C)C)cc5c5cc(C(C)(C)C)ccc54)c3O)cc(F)c(F)c2F)c1O.[CH2-]c1ccccc1.[CH2-]c1ccccc1.[Hf]. The molecule has 0 amide bonds. The molecule has 8 aromatic carbocycles. The first-order valence-electron chi connectivity index (χ1n) is 30.6. The Bertz CT molecular complexity index is 4260. The number of ether oxygens (including phenoxy) is 2. The van der Waals surface area contributed by atoms with Crippen LogP contribution in [0.5, 0.6) is 23.0 Å². The normalized spacial score (nSPS) is 12.0. The molecule has 0 spiro atoms. The summed E-state index contributed by atoms with van der Waals surface area (Å²) in [4.78, 5) is -0.0868. The number of fused-ring (bicyclic) bond motifs is 6. The van der Waals surface area contributed by atoms with Gasteiger partial charge in [-0.25, -0.2) is 26.3 Å². The minimum Gasteiger partial charge on any atom is -0.582 e. The zero-order chi connectivity index (χ0) is 66.5. The third-order valence-electron chi connectivity index (χ3n) is 16.5. The second kappa shape index (κ2) is 27.2. The summed E-state index contributed by atoms with van der Waals surface area (Å²) in [6.07, 6.45) is 0.494. The Hall–Kier alpha value is -7.85. The molecule has 4 heterocycles. The van der Waals surface area contributed by atoms with Gasteiger partial charge in [-0.1, -0.05) is 119 Å². The van der Waals surface area contributed by atoms with Gasteiger partial charge in [-0.2, -0.15) is 49.2 Å². The van der Waals surface area contributed by atoms with E-state index in [0.717, 1.165) is 112 Å². The van der Waals surface area contributed by atoms with Crippen molar-refractivity contribution in [2.24, 2.45) is 0 Å². The number of aromatic nitrogens is 2. The fourth-order valence-corrected chi connectivity index (χ4v) is 13.2. The second-order valence-corrected chi connectivity index (χ2v) is 29.2. The second-order valence-electron chi connectivity index (χ2n) is 27.4. The number of nitrogens with zero attached hydrogens (tertiary/aromatic N) is 2. The van der Waals surface area contributed by atoms with Crippen molar-refractivity contribution < 1.29 is 71.9 Å². The number of unbranched alkanes of at least 4 members (excludes halogenated alkanes) is 1. The molecule has 0 fully saturated rings. The number of benzene rings is 8. The average Bonchev–Trinajstić information content (AvgIpc) is 1.59. The van der Waals surface area contributed by atoms with Crippen molar-refractivity contribution in [3.05, 3.63) is 238 Å². The molecule has 0 aliphatic heterocycles. The first-order chi connectivity index (χ1) is 43.3. The molecule has 0 bridgehead atoms. The van der Waals surface area contributed by atoms with Gasteiger partial charge in [0, 0.05) is 71.0 Å². The summed E-state index contributed by atoms with van der Waals surface area (Å²) in [5, 5.41) is 31.2. The fraction of sp³-hybridized carbons (Fsp3) is 0.256. The molecule has 93 heavy (non-hydrogen) atoms. The Morgan fingerprint density at radius 1 is 0.398 bits per heavy atom. The van der Waals surface area contributed by atoms with E-state index in [-0.39, 0.29) is 106 Å². The Morgan fingerprint density at radius 2 is 0.677 bits per heavy atom. The number of thiophene rings is 2. The van der Waals surface area contributed by atoms with Crippen molar-refractivity contribution >= 4 is 66.3 Å². The molecular formula is C78H78F6HfN2O4S2. The maximum atomic E-state index is 16.1. The van der Waals surface area contributed by atoms with Crippen molar-refractivity contribution in [2.45, 2.75) is 118 Å². The van der Waals surface area contributed by atoms with Gasteiger partial charge in [-0.05, 0) is 92.4 Å². The van der Waals surface area contributed by atoms with E-state index in [9.17, 15) is 10.2 Å². The van der Waals surface area contributed by atoms with Gasteiger partial charge in [-0.15, -0.1) is 46.9 Å². The zero-order valence-electron chi connectivity index (χ0n) is 54.5. The van der Waals surface area contributed by atoms with Crippen molar-refractivity contribution in [1.82, 2.24) is 9.13 Å². The molecule has 0 atom stereocenters. The van der Waals surface area contributed by atoms with E-state index >= 15 is 26.3 Å². The molecule has 0 aliphatic rings. The molecule has 6 nitrogen and oxygen atoms in total. The molecular weight excluding hydrogens is 1390 g/mol. The molecule has 15 heteroatoms. The molecule has 0 unspecified atom stereocenters. The zero-order valence-corrected chi connectivity index (χ0v) is 59.7. The number of aromatic hydroxyl groups is 4. The van der Waals surface area contributed by atoms with Gasteiger partial charge in [0.05, 0.1) is 55.3 Å². The number of halogens is 6. The van der Waals surface area contributed by atoms with E-state index in [1.165, 1.54) is 0 Å².